The first-order valence-corrected chi connectivity index (χ1v) is 9.24. The summed E-state index contributed by atoms with van der Waals surface area (Å²) in [6.07, 6.45) is 2.34. The molecule has 0 spiro atoms. The van der Waals surface area contributed by atoms with Crippen molar-refractivity contribution >= 4 is 15.9 Å². The van der Waals surface area contributed by atoms with Gasteiger partial charge in [-0.3, -0.25) is 4.79 Å². The third-order valence-electron chi connectivity index (χ3n) is 3.80. The van der Waals surface area contributed by atoms with Gasteiger partial charge >= 0.3 is 0 Å². The van der Waals surface area contributed by atoms with Gasteiger partial charge in [0.15, 0.2) is 0 Å². The second-order valence-electron chi connectivity index (χ2n) is 5.59. The third kappa shape index (κ3) is 4.65. The standard InChI is InChI=1S/C15H21FN2O4S/c1-17(10-11-22-13-7-5-12(16)6-8-13)15(19)14-4-3-9-18(14)23(2,20)21/h5-8,14H,3-4,9-11H2,1-2H3. The maximum Gasteiger partial charge on any atom is 0.240 e. The summed E-state index contributed by atoms with van der Waals surface area (Å²) >= 11 is 0. The van der Waals surface area contributed by atoms with E-state index < -0.39 is 16.1 Å². The molecule has 0 aliphatic carbocycles. The number of nitrogens with zero attached hydrogens (tertiary/aromatic N) is 2. The van der Waals surface area contributed by atoms with Crippen LogP contribution in [0.25, 0.3) is 0 Å². The Kier molecular flexibility index (Phi) is 5.59. The first kappa shape index (κ1) is 17.7. The molecule has 1 heterocycles. The van der Waals surface area contributed by atoms with Crippen LogP contribution in [0, 0.1) is 5.82 Å². The fourth-order valence-corrected chi connectivity index (χ4v) is 3.70. The zero-order valence-corrected chi connectivity index (χ0v) is 14.1. The molecule has 8 heteroatoms. The van der Waals surface area contributed by atoms with Crippen LogP contribution in [0.5, 0.6) is 5.75 Å². The zero-order valence-electron chi connectivity index (χ0n) is 13.2. The average molecular weight is 344 g/mol. The molecular formula is C15H21FN2O4S. The molecule has 0 saturated carbocycles. The van der Waals surface area contributed by atoms with E-state index in [0.717, 1.165) is 6.26 Å². The molecule has 128 valence electrons. The lowest BCUT2D eigenvalue weighted by atomic mass is 10.2. The van der Waals surface area contributed by atoms with E-state index in [0.29, 0.717) is 31.7 Å². The van der Waals surface area contributed by atoms with Crippen molar-refractivity contribution in [1.82, 2.24) is 9.21 Å². The zero-order chi connectivity index (χ0) is 17.0. The number of amides is 1. The van der Waals surface area contributed by atoms with Crippen molar-refractivity contribution in [1.29, 1.82) is 0 Å². The number of halogens is 1. The Balaban J connectivity index is 1.86. The van der Waals surface area contributed by atoms with Gasteiger partial charge in [0, 0.05) is 13.6 Å². The van der Waals surface area contributed by atoms with Crippen LogP contribution in [0.15, 0.2) is 24.3 Å². The number of benzene rings is 1. The number of carbonyl (C=O) groups is 1. The van der Waals surface area contributed by atoms with E-state index in [2.05, 4.69) is 0 Å². The third-order valence-corrected chi connectivity index (χ3v) is 5.09. The predicted molar refractivity (Wildman–Crippen MR) is 84.1 cm³/mol. The number of rotatable bonds is 6. The molecule has 1 amide bonds. The highest BCUT2D eigenvalue weighted by Crippen LogP contribution is 2.21. The lowest BCUT2D eigenvalue weighted by molar-refractivity contribution is -0.133. The van der Waals surface area contributed by atoms with E-state index in [1.54, 1.807) is 7.05 Å². The van der Waals surface area contributed by atoms with Gasteiger partial charge in [-0.1, -0.05) is 0 Å². The van der Waals surface area contributed by atoms with Crippen molar-refractivity contribution in [2.24, 2.45) is 0 Å². The van der Waals surface area contributed by atoms with Crippen molar-refractivity contribution in [2.45, 2.75) is 18.9 Å². The van der Waals surface area contributed by atoms with Gasteiger partial charge < -0.3 is 9.64 Å². The van der Waals surface area contributed by atoms with E-state index in [-0.39, 0.29) is 18.3 Å². The molecule has 1 atom stereocenters. The van der Waals surface area contributed by atoms with E-state index in [9.17, 15) is 17.6 Å². The summed E-state index contributed by atoms with van der Waals surface area (Å²) in [6, 6.07) is 5.00. The molecule has 23 heavy (non-hydrogen) atoms. The molecule has 1 saturated heterocycles. The number of hydrogen-bond acceptors (Lipinski definition) is 4. The topological polar surface area (TPSA) is 66.9 Å². The molecule has 1 fully saturated rings. The first-order chi connectivity index (χ1) is 10.8. The summed E-state index contributed by atoms with van der Waals surface area (Å²) in [5, 5.41) is 0. The minimum atomic E-state index is -3.38. The minimum Gasteiger partial charge on any atom is -0.492 e. The number of carbonyl (C=O) groups excluding carboxylic acids is 1. The van der Waals surface area contributed by atoms with Gasteiger partial charge in [-0.2, -0.15) is 4.31 Å². The van der Waals surface area contributed by atoms with Crippen LogP contribution in [-0.4, -0.2) is 62.6 Å². The van der Waals surface area contributed by atoms with Crippen LogP contribution in [0.2, 0.25) is 0 Å². The van der Waals surface area contributed by atoms with Crippen molar-refractivity contribution in [3.63, 3.8) is 0 Å². The van der Waals surface area contributed by atoms with Gasteiger partial charge in [-0.05, 0) is 37.1 Å². The maximum absolute atomic E-state index is 12.8. The van der Waals surface area contributed by atoms with Crippen LogP contribution in [0.4, 0.5) is 4.39 Å². The van der Waals surface area contributed by atoms with Gasteiger partial charge in [0.25, 0.3) is 0 Å². The van der Waals surface area contributed by atoms with Gasteiger partial charge in [0.2, 0.25) is 15.9 Å². The van der Waals surface area contributed by atoms with Crippen LogP contribution in [-0.2, 0) is 14.8 Å². The second-order valence-corrected chi connectivity index (χ2v) is 7.53. The van der Waals surface area contributed by atoms with E-state index in [1.807, 2.05) is 0 Å². The molecule has 0 bridgehead atoms. The van der Waals surface area contributed by atoms with Crippen LogP contribution < -0.4 is 4.74 Å². The predicted octanol–water partition coefficient (Wildman–Crippen LogP) is 1.09. The molecule has 2 rings (SSSR count). The quantitative estimate of drug-likeness (QED) is 0.775. The van der Waals surface area contributed by atoms with Crippen molar-refractivity contribution < 1.29 is 22.3 Å². The van der Waals surface area contributed by atoms with Gasteiger partial charge in [-0.25, -0.2) is 12.8 Å². The highest BCUT2D eigenvalue weighted by Gasteiger charge is 2.37. The summed E-state index contributed by atoms with van der Waals surface area (Å²) in [4.78, 5) is 13.9. The first-order valence-electron chi connectivity index (χ1n) is 7.39. The number of sulfonamides is 1. The fourth-order valence-electron chi connectivity index (χ4n) is 2.58. The molecule has 0 radical (unpaired) electrons. The Bertz CT molecular complexity index is 648. The Labute approximate surface area is 135 Å². The number of likely N-dealkylation sites (N-methyl/N-ethyl adjacent to an activating group) is 1. The Morgan fingerprint density at radius 2 is 2.04 bits per heavy atom. The molecule has 1 aromatic rings. The highest BCUT2D eigenvalue weighted by atomic mass is 32.2. The Hall–Kier alpha value is -1.67. The molecule has 0 N–H and O–H groups in total. The largest absolute Gasteiger partial charge is 0.492 e. The van der Waals surface area contributed by atoms with Crippen LogP contribution >= 0.6 is 0 Å². The number of ether oxygens (including phenoxy) is 1. The summed E-state index contributed by atoms with van der Waals surface area (Å²) in [5.74, 6) is -0.0479. The van der Waals surface area contributed by atoms with Gasteiger partial charge in [-0.15, -0.1) is 0 Å². The molecule has 1 aliphatic rings. The Morgan fingerprint density at radius 1 is 1.39 bits per heavy atom. The monoisotopic (exact) mass is 344 g/mol. The fraction of sp³-hybridized carbons (Fsp3) is 0.533. The minimum absolute atomic E-state index is 0.226. The Morgan fingerprint density at radius 3 is 2.65 bits per heavy atom. The summed E-state index contributed by atoms with van der Waals surface area (Å²) in [5.41, 5.74) is 0. The second kappa shape index (κ2) is 7.27. The van der Waals surface area contributed by atoms with Crippen molar-refractivity contribution in [2.75, 3.05) is 33.0 Å². The maximum atomic E-state index is 12.8. The molecule has 6 nitrogen and oxygen atoms in total. The van der Waals surface area contributed by atoms with Crippen molar-refractivity contribution in [3.8, 4) is 5.75 Å². The molecular weight excluding hydrogens is 323 g/mol. The van der Waals surface area contributed by atoms with E-state index in [1.165, 1.54) is 33.5 Å². The normalized spacial score (nSPS) is 18.8. The molecule has 1 unspecified atom stereocenters. The van der Waals surface area contributed by atoms with Crippen LogP contribution in [0.3, 0.4) is 0 Å². The smallest absolute Gasteiger partial charge is 0.240 e. The average Bonchev–Trinajstić information content (AvgIpc) is 2.98. The van der Waals surface area contributed by atoms with E-state index >= 15 is 0 Å². The van der Waals surface area contributed by atoms with Gasteiger partial charge in [0.1, 0.15) is 24.2 Å². The molecule has 1 aromatic carbocycles. The SMILES string of the molecule is CN(CCOc1ccc(F)cc1)C(=O)C1CCCN1S(C)(=O)=O. The lowest BCUT2D eigenvalue weighted by Gasteiger charge is -2.26. The summed E-state index contributed by atoms with van der Waals surface area (Å²) in [6.45, 7) is 0.957. The molecule has 0 aromatic heterocycles. The summed E-state index contributed by atoms with van der Waals surface area (Å²) in [7, 11) is -1.76. The lowest BCUT2D eigenvalue weighted by Crippen LogP contribution is -2.47. The summed E-state index contributed by atoms with van der Waals surface area (Å²) < 4.78 is 42.9. The van der Waals surface area contributed by atoms with Crippen LogP contribution in [0.1, 0.15) is 12.8 Å². The highest BCUT2D eigenvalue weighted by molar-refractivity contribution is 7.88. The van der Waals surface area contributed by atoms with Crippen molar-refractivity contribution in [3.05, 3.63) is 30.1 Å². The van der Waals surface area contributed by atoms with Gasteiger partial charge in [0.05, 0.1) is 12.8 Å². The molecule has 1 aliphatic heterocycles. The number of hydrogen-bond donors (Lipinski definition) is 0. The van der Waals surface area contributed by atoms with E-state index in [4.69, 9.17) is 4.74 Å².